The fourth-order valence-electron chi connectivity index (χ4n) is 5.16. The molecule has 2 aliphatic rings. The molecule has 0 bridgehead atoms. The van der Waals surface area contributed by atoms with E-state index >= 15 is 0 Å². The summed E-state index contributed by atoms with van der Waals surface area (Å²) in [5.74, 6) is 1.07. The number of carbonyl (C=O) groups excluding carboxylic acids is 1. The Kier molecular flexibility index (Phi) is 5.53. The van der Waals surface area contributed by atoms with Crippen molar-refractivity contribution in [1.82, 2.24) is 19.9 Å². The molecule has 2 fully saturated rings. The molecule has 6 rings (SSSR count). The van der Waals surface area contributed by atoms with Crippen molar-refractivity contribution in [3.8, 4) is 11.5 Å². The topological polar surface area (TPSA) is 104 Å². The summed E-state index contributed by atoms with van der Waals surface area (Å²) in [4.78, 5) is 28.4. The number of amides is 1. The summed E-state index contributed by atoms with van der Waals surface area (Å²) in [6.45, 7) is 7.87. The van der Waals surface area contributed by atoms with Crippen molar-refractivity contribution in [2.75, 3.05) is 18.4 Å². The maximum atomic E-state index is 12.3. The van der Waals surface area contributed by atoms with Crippen molar-refractivity contribution < 1.29 is 14.3 Å². The Morgan fingerprint density at radius 3 is 2.81 bits per heavy atom. The van der Waals surface area contributed by atoms with Crippen LogP contribution < -0.4 is 5.32 Å². The van der Waals surface area contributed by atoms with Crippen molar-refractivity contribution in [3.05, 3.63) is 47.9 Å². The van der Waals surface area contributed by atoms with Crippen LogP contribution in [0.25, 0.3) is 33.3 Å². The first kappa shape index (κ1) is 23.1. The highest BCUT2D eigenvalue weighted by molar-refractivity contribution is 6.00. The Hall–Kier alpha value is -3.36. The molecule has 4 aromatic rings. The molecule has 3 aromatic heterocycles. The first-order valence-corrected chi connectivity index (χ1v) is 12.7. The molecule has 1 aromatic carbocycles. The van der Waals surface area contributed by atoms with Gasteiger partial charge in [0.15, 0.2) is 5.58 Å². The van der Waals surface area contributed by atoms with Gasteiger partial charge in [0, 0.05) is 47.4 Å². The number of β-amino-alcohol motifs (C(OH)–C–C–N with tert-alkyl or cyclic N) is 1. The molecule has 8 heteroatoms. The van der Waals surface area contributed by atoms with Gasteiger partial charge in [-0.1, -0.05) is 6.07 Å². The molecule has 1 atom stereocenters. The van der Waals surface area contributed by atoms with Crippen LogP contribution in [0.2, 0.25) is 0 Å². The van der Waals surface area contributed by atoms with Gasteiger partial charge in [0.25, 0.3) is 0 Å². The molecule has 0 spiro atoms. The van der Waals surface area contributed by atoms with E-state index in [4.69, 9.17) is 9.40 Å². The van der Waals surface area contributed by atoms with Crippen LogP contribution in [-0.2, 0) is 10.4 Å². The average molecular weight is 486 g/mol. The number of carbonyl (C=O) groups is 1. The third-order valence-electron chi connectivity index (χ3n) is 7.56. The Morgan fingerprint density at radius 1 is 1.19 bits per heavy atom. The zero-order valence-corrected chi connectivity index (χ0v) is 20.9. The summed E-state index contributed by atoms with van der Waals surface area (Å²) in [6, 6.07) is 8.03. The maximum Gasteiger partial charge on any atom is 0.229 e. The average Bonchev–Trinajstić information content (AvgIpc) is 3.63. The number of aromatic nitrogens is 3. The standard InChI is InChI=1S/C28H31N5O3/c1-16(2)33-10-4-9-28(35,15-33)19-7-8-24-23(11-19)31-27(36-24)22-14-29-17(3)21-13-30-25(12-20(21)22)32-26(34)18-5-6-18/h7-8,11-14,16,18,35H,4-6,9-10,15H2,1-3H3,(H,30,32,34). The number of piperidine rings is 1. The Balaban J connectivity index is 1.38. The molecular weight excluding hydrogens is 454 g/mol. The number of likely N-dealkylation sites (tertiary alicyclic amines) is 1. The molecule has 0 radical (unpaired) electrons. The quantitative estimate of drug-likeness (QED) is 0.419. The molecule has 1 saturated heterocycles. The van der Waals surface area contributed by atoms with E-state index < -0.39 is 5.60 Å². The molecule has 1 aliphatic heterocycles. The predicted molar refractivity (Wildman–Crippen MR) is 138 cm³/mol. The number of pyridine rings is 2. The van der Waals surface area contributed by atoms with Crippen LogP contribution in [0.4, 0.5) is 5.82 Å². The summed E-state index contributed by atoms with van der Waals surface area (Å²) < 4.78 is 6.15. The second-order valence-corrected chi connectivity index (χ2v) is 10.5. The van der Waals surface area contributed by atoms with E-state index in [0.717, 1.165) is 59.8 Å². The minimum absolute atomic E-state index is 0.0141. The van der Waals surface area contributed by atoms with E-state index in [1.165, 1.54) is 0 Å². The van der Waals surface area contributed by atoms with E-state index in [1.54, 1.807) is 12.4 Å². The number of oxazole rings is 1. The minimum Gasteiger partial charge on any atom is -0.436 e. The highest BCUT2D eigenvalue weighted by Gasteiger charge is 2.36. The summed E-state index contributed by atoms with van der Waals surface area (Å²) in [5, 5.41) is 16.2. The number of aliphatic hydroxyl groups is 1. The molecule has 4 heterocycles. The maximum absolute atomic E-state index is 12.3. The van der Waals surface area contributed by atoms with Gasteiger partial charge in [0.05, 0.1) is 5.56 Å². The number of hydrogen-bond donors (Lipinski definition) is 2. The van der Waals surface area contributed by atoms with Gasteiger partial charge in [-0.3, -0.25) is 14.7 Å². The number of fused-ring (bicyclic) bond motifs is 2. The van der Waals surface area contributed by atoms with Crippen LogP contribution in [0.15, 0.2) is 41.1 Å². The third-order valence-corrected chi connectivity index (χ3v) is 7.56. The molecule has 1 unspecified atom stereocenters. The number of benzene rings is 1. The number of nitrogens with zero attached hydrogens (tertiary/aromatic N) is 4. The summed E-state index contributed by atoms with van der Waals surface area (Å²) in [6.07, 6.45) is 7.04. The third kappa shape index (κ3) is 4.14. The second kappa shape index (κ2) is 8.64. The normalized spacial score (nSPS) is 20.9. The zero-order valence-electron chi connectivity index (χ0n) is 20.9. The molecule has 36 heavy (non-hydrogen) atoms. The molecule has 186 valence electrons. The lowest BCUT2D eigenvalue weighted by Crippen LogP contribution is -2.48. The van der Waals surface area contributed by atoms with E-state index in [1.807, 2.05) is 31.2 Å². The number of nitrogens with one attached hydrogen (secondary N) is 1. The SMILES string of the molecule is Cc1ncc(-c2nc3cc(C4(O)CCCN(C(C)C)C4)ccc3o2)c2cc(NC(=O)C3CC3)ncc12. The predicted octanol–water partition coefficient (Wildman–Crippen LogP) is 4.79. The van der Waals surface area contributed by atoms with Crippen molar-refractivity contribution in [2.24, 2.45) is 5.92 Å². The van der Waals surface area contributed by atoms with Gasteiger partial charge in [-0.25, -0.2) is 9.97 Å². The molecule has 1 amide bonds. The molecule has 2 N–H and O–H groups in total. The summed E-state index contributed by atoms with van der Waals surface area (Å²) in [7, 11) is 0. The van der Waals surface area contributed by atoms with Crippen molar-refractivity contribution in [2.45, 2.75) is 58.1 Å². The van der Waals surface area contributed by atoms with Gasteiger partial charge in [0.1, 0.15) is 16.9 Å². The number of aryl methyl sites for hydroxylation is 1. The number of rotatable bonds is 5. The van der Waals surface area contributed by atoms with Crippen molar-refractivity contribution in [3.63, 3.8) is 0 Å². The fourth-order valence-corrected chi connectivity index (χ4v) is 5.16. The Labute approximate surface area is 209 Å². The zero-order chi connectivity index (χ0) is 25.0. The minimum atomic E-state index is -0.908. The Bertz CT molecular complexity index is 1480. The summed E-state index contributed by atoms with van der Waals surface area (Å²) in [5.41, 5.74) is 2.88. The Morgan fingerprint density at radius 2 is 2.03 bits per heavy atom. The smallest absolute Gasteiger partial charge is 0.229 e. The van der Waals surface area contributed by atoms with Crippen molar-refractivity contribution >= 4 is 33.6 Å². The van der Waals surface area contributed by atoms with Crippen LogP contribution >= 0.6 is 0 Å². The van der Waals surface area contributed by atoms with E-state index in [0.29, 0.717) is 35.4 Å². The van der Waals surface area contributed by atoms with Gasteiger partial charge in [-0.15, -0.1) is 0 Å². The highest BCUT2D eigenvalue weighted by atomic mass is 16.3. The molecular formula is C28H31N5O3. The van der Waals surface area contributed by atoms with Gasteiger partial charge in [-0.2, -0.15) is 0 Å². The van der Waals surface area contributed by atoms with E-state index in [-0.39, 0.29) is 11.8 Å². The van der Waals surface area contributed by atoms with Gasteiger partial charge < -0.3 is 14.8 Å². The largest absolute Gasteiger partial charge is 0.436 e. The lowest BCUT2D eigenvalue weighted by molar-refractivity contribution is -0.117. The van der Waals surface area contributed by atoms with Gasteiger partial charge >= 0.3 is 0 Å². The number of hydrogen-bond acceptors (Lipinski definition) is 7. The molecule has 1 saturated carbocycles. The van der Waals surface area contributed by atoms with Gasteiger partial charge in [0.2, 0.25) is 11.8 Å². The van der Waals surface area contributed by atoms with Crippen LogP contribution in [0.1, 0.15) is 50.8 Å². The lowest BCUT2D eigenvalue weighted by Gasteiger charge is -2.41. The summed E-state index contributed by atoms with van der Waals surface area (Å²) >= 11 is 0. The monoisotopic (exact) mass is 485 g/mol. The first-order valence-electron chi connectivity index (χ1n) is 12.7. The number of anilines is 1. The fraction of sp³-hybridized carbons (Fsp3) is 0.429. The lowest BCUT2D eigenvalue weighted by atomic mass is 9.85. The van der Waals surface area contributed by atoms with E-state index in [2.05, 4.69) is 34.0 Å². The van der Waals surface area contributed by atoms with Crippen molar-refractivity contribution in [1.29, 1.82) is 0 Å². The van der Waals surface area contributed by atoms with Crippen LogP contribution in [0.5, 0.6) is 0 Å². The first-order chi connectivity index (χ1) is 17.3. The second-order valence-electron chi connectivity index (χ2n) is 10.5. The van der Waals surface area contributed by atoms with Crippen LogP contribution in [0.3, 0.4) is 0 Å². The molecule has 1 aliphatic carbocycles. The van der Waals surface area contributed by atoms with Crippen LogP contribution in [-0.4, -0.2) is 50.0 Å². The highest BCUT2D eigenvalue weighted by Crippen LogP contribution is 2.37. The van der Waals surface area contributed by atoms with Crippen LogP contribution in [0, 0.1) is 12.8 Å². The van der Waals surface area contributed by atoms with Gasteiger partial charge in [-0.05, 0) is 76.8 Å². The molecule has 8 nitrogen and oxygen atoms in total. The van der Waals surface area contributed by atoms with E-state index in [9.17, 15) is 9.90 Å².